The minimum Gasteiger partial charge on any atom is -0.331 e. The third-order valence-corrected chi connectivity index (χ3v) is 2.41. The van der Waals surface area contributed by atoms with Crippen LogP contribution in [0.1, 0.15) is 45.4 Å². The van der Waals surface area contributed by atoms with Gasteiger partial charge in [0.05, 0.1) is 6.61 Å². The van der Waals surface area contributed by atoms with Crippen LogP contribution >= 0.6 is 8.03 Å². The quantitative estimate of drug-likeness (QED) is 0.435. The average molecular weight is 192 g/mol. The first-order valence-electron chi connectivity index (χ1n) is 4.90. The number of hydrogen-bond donors (Lipinski definition) is 0. The van der Waals surface area contributed by atoms with Gasteiger partial charge in [0.1, 0.15) is 0 Å². The topological polar surface area (TPSA) is 26.3 Å². The molecule has 0 aliphatic heterocycles. The number of hydrogen-bond acceptors (Lipinski definition) is 2. The van der Waals surface area contributed by atoms with Crippen LogP contribution < -0.4 is 0 Å². The van der Waals surface area contributed by atoms with E-state index in [1.165, 1.54) is 32.1 Å². The summed E-state index contributed by atoms with van der Waals surface area (Å²) in [4.78, 5) is 0. The zero-order valence-corrected chi connectivity index (χ0v) is 9.27. The van der Waals surface area contributed by atoms with E-state index in [2.05, 4.69) is 6.92 Å². The highest BCUT2D eigenvalue weighted by atomic mass is 31.1. The molecule has 0 rings (SSSR count). The summed E-state index contributed by atoms with van der Waals surface area (Å²) >= 11 is 0. The van der Waals surface area contributed by atoms with Crippen molar-refractivity contribution in [1.82, 2.24) is 0 Å². The summed E-state index contributed by atoms with van der Waals surface area (Å²) in [7, 11) is -1.68. The first kappa shape index (κ1) is 12.2. The molecule has 0 N–H and O–H groups in total. The Morgan fingerprint density at radius 3 is 2.25 bits per heavy atom. The van der Waals surface area contributed by atoms with Crippen LogP contribution in [0.3, 0.4) is 0 Å². The minimum atomic E-state index is -1.68. The van der Waals surface area contributed by atoms with Gasteiger partial charge in [-0.25, -0.2) is 0 Å². The smallest absolute Gasteiger partial charge is 0.188 e. The molecule has 0 amide bonds. The van der Waals surface area contributed by atoms with Crippen molar-refractivity contribution >= 4 is 8.03 Å². The van der Waals surface area contributed by atoms with Crippen LogP contribution in [0, 0.1) is 0 Å². The zero-order chi connectivity index (χ0) is 9.23. The van der Waals surface area contributed by atoms with Crippen LogP contribution in [-0.4, -0.2) is 13.3 Å². The summed E-state index contributed by atoms with van der Waals surface area (Å²) in [5.41, 5.74) is 0. The van der Waals surface area contributed by atoms with Gasteiger partial charge in [-0.15, -0.1) is 0 Å². The Kier molecular flexibility index (Phi) is 9.43. The van der Waals surface area contributed by atoms with E-state index >= 15 is 0 Å². The highest BCUT2D eigenvalue weighted by molar-refractivity contribution is 7.38. The first-order chi connectivity index (χ1) is 5.77. The molecule has 12 heavy (non-hydrogen) atoms. The van der Waals surface area contributed by atoms with E-state index in [1.54, 1.807) is 6.66 Å². The zero-order valence-electron chi connectivity index (χ0n) is 8.27. The molecule has 0 heterocycles. The molecular formula is C9H21O2P. The fourth-order valence-corrected chi connectivity index (χ4v) is 1.53. The molecule has 0 aromatic carbocycles. The summed E-state index contributed by atoms with van der Waals surface area (Å²) < 4.78 is 15.5. The average Bonchev–Trinajstić information content (AvgIpc) is 2.02. The van der Waals surface area contributed by atoms with Crippen molar-refractivity contribution in [3.63, 3.8) is 0 Å². The monoisotopic (exact) mass is 192 g/mol. The number of rotatable bonds is 8. The van der Waals surface area contributed by atoms with E-state index in [9.17, 15) is 4.57 Å². The highest BCUT2D eigenvalue weighted by Gasteiger charge is 1.91. The molecule has 0 saturated carbocycles. The van der Waals surface area contributed by atoms with Crippen LogP contribution in [0.2, 0.25) is 0 Å². The molecule has 0 aliphatic carbocycles. The van der Waals surface area contributed by atoms with Crippen LogP contribution in [0.25, 0.3) is 0 Å². The molecule has 0 bridgehead atoms. The van der Waals surface area contributed by atoms with Crippen LogP contribution in [-0.2, 0) is 9.09 Å². The largest absolute Gasteiger partial charge is 0.331 e. The Hall–Kier alpha value is 0.190. The van der Waals surface area contributed by atoms with Gasteiger partial charge in [-0.3, -0.25) is 4.57 Å². The van der Waals surface area contributed by atoms with Gasteiger partial charge in [-0.1, -0.05) is 39.0 Å². The Labute approximate surface area is 76.6 Å². The van der Waals surface area contributed by atoms with Gasteiger partial charge in [0.2, 0.25) is 0 Å². The maximum absolute atomic E-state index is 10.5. The van der Waals surface area contributed by atoms with Crippen molar-refractivity contribution in [2.24, 2.45) is 0 Å². The summed E-state index contributed by atoms with van der Waals surface area (Å²) in [5.74, 6) is 0. The Bertz CT molecular complexity index is 115. The normalized spacial score (nSPS) is 13.2. The third-order valence-electron chi connectivity index (χ3n) is 1.80. The fourth-order valence-electron chi connectivity index (χ4n) is 1.10. The maximum Gasteiger partial charge on any atom is 0.188 e. The van der Waals surface area contributed by atoms with Crippen molar-refractivity contribution in [2.45, 2.75) is 45.4 Å². The first-order valence-corrected chi connectivity index (χ1v) is 6.72. The van der Waals surface area contributed by atoms with E-state index in [0.29, 0.717) is 6.61 Å². The van der Waals surface area contributed by atoms with Crippen molar-refractivity contribution in [1.29, 1.82) is 0 Å². The Balaban J connectivity index is 2.86. The second-order valence-electron chi connectivity index (χ2n) is 3.11. The van der Waals surface area contributed by atoms with Crippen LogP contribution in [0.5, 0.6) is 0 Å². The maximum atomic E-state index is 10.5. The molecule has 0 spiro atoms. The van der Waals surface area contributed by atoms with Gasteiger partial charge < -0.3 is 4.52 Å². The lowest BCUT2D eigenvalue weighted by molar-refractivity contribution is 0.319. The van der Waals surface area contributed by atoms with E-state index in [1.807, 2.05) is 0 Å². The predicted octanol–water partition coefficient (Wildman–Crippen LogP) is 3.47. The molecule has 0 saturated heterocycles. The van der Waals surface area contributed by atoms with Gasteiger partial charge in [0, 0.05) is 6.66 Å². The van der Waals surface area contributed by atoms with Crippen molar-refractivity contribution in [2.75, 3.05) is 13.3 Å². The van der Waals surface area contributed by atoms with Crippen LogP contribution in [0.4, 0.5) is 0 Å². The minimum absolute atomic E-state index is 0.681. The summed E-state index contributed by atoms with van der Waals surface area (Å²) in [6.07, 6.45) is 7.53. The lowest BCUT2D eigenvalue weighted by Crippen LogP contribution is -1.86. The van der Waals surface area contributed by atoms with E-state index < -0.39 is 8.03 Å². The molecule has 2 nitrogen and oxygen atoms in total. The molecule has 0 fully saturated rings. The van der Waals surface area contributed by atoms with Crippen molar-refractivity contribution in [3.8, 4) is 0 Å². The number of unbranched alkanes of at least 4 members (excludes halogenated alkanes) is 5. The Morgan fingerprint density at radius 2 is 1.67 bits per heavy atom. The van der Waals surface area contributed by atoms with E-state index in [0.717, 1.165) is 6.42 Å². The molecule has 3 heteroatoms. The molecular weight excluding hydrogens is 171 g/mol. The molecule has 74 valence electrons. The fraction of sp³-hybridized carbons (Fsp3) is 1.00. The second kappa shape index (κ2) is 9.28. The molecule has 1 atom stereocenters. The SMILES string of the molecule is CCCCCCCCO[PH](C)=O. The van der Waals surface area contributed by atoms with E-state index in [4.69, 9.17) is 4.52 Å². The molecule has 1 unspecified atom stereocenters. The van der Waals surface area contributed by atoms with Gasteiger partial charge in [0.15, 0.2) is 8.03 Å². The predicted molar refractivity (Wildman–Crippen MR) is 54.3 cm³/mol. The molecule has 0 aliphatic rings. The summed E-state index contributed by atoms with van der Waals surface area (Å²) in [6, 6.07) is 0. The highest BCUT2D eigenvalue weighted by Crippen LogP contribution is 2.16. The van der Waals surface area contributed by atoms with Crippen molar-refractivity contribution < 1.29 is 9.09 Å². The summed E-state index contributed by atoms with van der Waals surface area (Å²) in [6.45, 7) is 4.54. The molecule has 0 radical (unpaired) electrons. The summed E-state index contributed by atoms with van der Waals surface area (Å²) in [5, 5.41) is 0. The van der Waals surface area contributed by atoms with Gasteiger partial charge >= 0.3 is 0 Å². The van der Waals surface area contributed by atoms with Gasteiger partial charge in [-0.2, -0.15) is 0 Å². The molecule has 0 aromatic heterocycles. The van der Waals surface area contributed by atoms with Gasteiger partial charge in [0.25, 0.3) is 0 Å². The molecule has 0 aromatic rings. The lowest BCUT2D eigenvalue weighted by Gasteiger charge is -2.00. The van der Waals surface area contributed by atoms with Crippen LogP contribution in [0.15, 0.2) is 0 Å². The second-order valence-corrected chi connectivity index (χ2v) is 4.38. The third kappa shape index (κ3) is 10.2. The lowest BCUT2D eigenvalue weighted by atomic mass is 10.1. The van der Waals surface area contributed by atoms with Crippen molar-refractivity contribution in [3.05, 3.63) is 0 Å². The van der Waals surface area contributed by atoms with E-state index in [-0.39, 0.29) is 0 Å². The van der Waals surface area contributed by atoms with Gasteiger partial charge in [-0.05, 0) is 6.42 Å². The Morgan fingerprint density at radius 1 is 1.08 bits per heavy atom. The standard InChI is InChI=1S/C9H21O2P/c1-3-4-5-6-7-8-9-11-12(2)10/h12H,3-9H2,1-2H3.